The predicted octanol–water partition coefficient (Wildman–Crippen LogP) is 5.26. The molecule has 0 spiro atoms. The van der Waals surface area contributed by atoms with E-state index in [9.17, 15) is 4.79 Å². The number of hydrogen-bond acceptors (Lipinski definition) is 2. The lowest BCUT2D eigenvalue weighted by molar-refractivity contribution is 0.207. The van der Waals surface area contributed by atoms with Gasteiger partial charge in [0.15, 0.2) is 0 Å². The van der Waals surface area contributed by atoms with Crippen molar-refractivity contribution >= 4 is 11.7 Å². The van der Waals surface area contributed by atoms with Crippen LogP contribution in [-0.2, 0) is 0 Å². The van der Waals surface area contributed by atoms with Crippen LogP contribution in [-0.4, -0.2) is 24.0 Å². The fourth-order valence-electron chi connectivity index (χ4n) is 2.00. The van der Waals surface area contributed by atoms with Crippen LogP contribution in [0, 0.1) is 17.2 Å². The molecule has 0 aliphatic heterocycles. The van der Waals surface area contributed by atoms with Crippen LogP contribution in [0.25, 0.3) is 0 Å². The SMILES string of the molecule is CC.CCCN(CCC(C)CC)C(=O)Nc1ccc(C#N)cc1. The normalized spacial score (nSPS) is 10.8. The summed E-state index contributed by atoms with van der Waals surface area (Å²) < 4.78 is 0. The standard InChI is InChI=1S/C17H25N3O.C2H6/c1-4-11-20(12-10-14(3)5-2)17(21)19-16-8-6-15(13-18)7-9-16;1-2/h6-9,14H,4-5,10-12H2,1-3H3,(H,19,21);1-2H3. The van der Waals surface area contributed by atoms with E-state index >= 15 is 0 Å². The van der Waals surface area contributed by atoms with Gasteiger partial charge >= 0.3 is 6.03 Å². The van der Waals surface area contributed by atoms with Gasteiger partial charge in [-0.25, -0.2) is 4.79 Å². The van der Waals surface area contributed by atoms with E-state index in [2.05, 4.69) is 32.2 Å². The Kier molecular flexibility index (Phi) is 11.4. The number of anilines is 1. The van der Waals surface area contributed by atoms with Crippen molar-refractivity contribution in [1.82, 2.24) is 4.90 Å². The summed E-state index contributed by atoms with van der Waals surface area (Å²) in [7, 11) is 0. The Labute approximate surface area is 141 Å². The Morgan fingerprint density at radius 2 is 1.83 bits per heavy atom. The molecule has 23 heavy (non-hydrogen) atoms. The first-order chi connectivity index (χ1) is 11.1. The van der Waals surface area contributed by atoms with Crippen LogP contribution in [0.2, 0.25) is 0 Å². The largest absolute Gasteiger partial charge is 0.325 e. The van der Waals surface area contributed by atoms with Crippen molar-refractivity contribution in [1.29, 1.82) is 5.26 Å². The highest BCUT2D eigenvalue weighted by molar-refractivity contribution is 5.89. The third kappa shape index (κ3) is 8.25. The van der Waals surface area contributed by atoms with Gasteiger partial charge in [0, 0.05) is 18.8 Å². The summed E-state index contributed by atoms with van der Waals surface area (Å²) in [6, 6.07) is 8.93. The van der Waals surface area contributed by atoms with E-state index in [-0.39, 0.29) is 6.03 Å². The predicted molar refractivity (Wildman–Crippen MR) is 97.5 cm³/mol. The average Bonchev–Trinajstić information content (AvgIpc) is 2.60. The summed E-state index contributed by atoms with van der Waals surface area (Å²) >= 11 is 0. The Morgan fingerprint density at radius 3 is 2.30 bits per heavy atom. The van der Waals surface area contributed by atoms with Gasteiger partial charge in [0.2, 0.25) is 0 Å². The van der Waals surface area contributed by atoms with Crippen LogP contribution in [0.4, 0.5) is 10.5 Å². The van der Waals surface area contributed by atoms with E-state index in [0.29, 0.717) is 11.5 Å². The van der Waals surface area contributed by atoms with E-state index in [0.717, 1.165) is 38.0 Å². The highest BCUT2D eigenvalue weighted by Crippen LogP contribution is 2.12. The number of amides is 2. The number of urea groups is 1. The van der Waals surface area contributed by atoms with Crippen LogP contribution in [0.5, 0.6) is 0 Å². The smallest absolute Gasteiger partial charge is 0.321 e. The summed E-state index contributed by atoms with van der Waals surface area (Å²) in [5.41, 5.74) is 1.32. The van der Waals surface area contributed by atoms with Crippen LogP contribution in [0.3, 0.4) is 0 Å². The Bertz CT molecular complexity index is 476. The van der Waals surface area contributed by atoms with Crippen LogP contribution in [0.1, 0.15) is 59.4 Å². The third-order valence-electron chi connectivity index (χ3n) is 3.63. The maximum absolute atomic E-state index is 12.3. The van der Waals surface area contributed by atoms with Crippen molar-refractivity contribution in [3.63, 3.8) is 0 Å². The van der Waals surface area contributed by atoms with Gasteiger partial charge in [0.1, 0.15) is 0 Å². The van der Waals surface area contributed by atoms with Gasteiger partial charge < -0.3 is 10.2 Å². The molecule has 0 heterocycles. The minimum absolute atomic E-state index is 0.0649. The van der Waals surface area contributed by atoms with E-state index in [1.165, 1.54) is 0 Å². The Hall–Kier alpha value is -2.02. The second-order valence-corrected chi connectivity index (χ2v) is 5.41. The van der Waals surface area contributed by atoms with Crippen molar-refractivity contribution in [2.24, 2.45) is 5.92 Å². The van der Waals surface area contributed by atoms with E-state index in [4.69, 9.17) is 5.26 Å². The number of carbonyl (C=O) groups excluding carboxylic acids is 1. The molecule has 1 aromatic carbocycles. The highest BCUT2D eigenvalue weighted by atomic mass is 16.2. The first kappa shape index (κ1) is 21.0. The fraction of sp³-hybridized carbons (Fsp3) is 0.579. The molecule has 0 aliphatic rings. The molecule has 0 aromatic heterocycles. The topological polar surface area (TPSA) is 56.1 Å². The van der Waals surface area contributed by atoms with Crippen LogP contribution >= 0.6 is 0 Å². The van der Waals surface area contributed by atoms with Gasteiger partial charge in [0.25, 0.3) is 0 Å². The summed E-state index contributed by atoms with van der Waals surface area (Å²) in [6.45, 7) is 12.0. The minimum Gasteiger partial charge on any atom is -0.325 e. The number of nitriles is 1. The monoisotopic (exact) mass is 317 g/mol. The molecular formula is C19H31N3O. The van der Waals surface area contributed by atoms with Crippen LogP contribution in [0.15, 0.2) is 24.3 Å². The lowest BCUT2D eigenvalue weighted by Gasteiger charge is -2.24. The van der Waals surface area contributed by atoms with Gasteiger partial charge in [-0.15, -0.1) is 0 Å². The number of rotatable bonds is 7. The highest BCUT2D eigenvalue weighted by Gasteiger charge is 2.13. The number of hydrogen-bond donors (Lipinski definition) is 1. The van der Waals surface area contributed by atoms with Crippen molar-refractivity contribution < 1.29 is 4.79 Å². The lowest BCUT2D eigenvalue weighted by Crippen LogP contribution is -2.36. The molecule has 1 N–H and O–H groups in total. The average molecular weight is 317 g/mol. The van der Waals surface area contributed by atoms with Gasteiger partial charge in [-0.05, 0) is 43.0 Å². The molecule has 128 valence electrons. The van der Waals surface area contributed by atoms with Crippen molar-refractivity contribution in [3.05, 3.63) is 29.8 Å². The van der Waals surface area contributed by atoms with Crippen LogP contribution < -0.4 is 5.32 Å². The summed E-state index contributed by atoms with van der Waals surface area (Å²) in [4.78, 5) is 14.2. The molecule has 1 aromatic rings. The minimum atomic E-state index is -0.0649. The van der Waals surface area contributed by atoms with Crippen molar-refractivity contribution in [3.8, 4) is 6.07 Å². The molecule has 0 fully saturated rings. The van der Waals surface area contributed by atoms with E-state index in [1.54, 1.807) is 24.3 Å². The maximum Gasteiger partial charge on any atom is 0.321 e. The molecule has 0 aliphatic carbocycles. The zero-order valence-corrected chi connectivity index (χ0v) is 15.2. The lowest BCUT2D eigenvalue weighted by atomic mass is 10.1. The number of benzene rings is 1. The molecule has 0 saturated heterocycles. The zero-order valence-electron chi connectivity index (χ0n) is 15.2. The van der Waals surface area contributed by atoms with Gasteiger partial charge in [-0.1, -0.05) is 41.0 Å². The first-order valence-corrected chi connectivity index (χ1v) is 8.66. The molecule has 1 atom stereocenters. The molecular weight excluding hydrogens is 286 g/mol. The third-order valence-corrected chi connectivity index (χ3v) is 3.63. The fourth-order valence-corrected chi connectivity index (χ4v) is 2.00. The van der Waals surface area contributed by atoms with Crippen molar-refractivity contribution in [2.75, 3.05) is 18.4 Å². The molecule has 0 bridgehead atoms. The van der Waals surface area contributed by atoms with E-state index < -0.39 is 0 Å². The Balaban J connectivity index is 0.00000232. The quantitative estimate of drug-likeness (QED) is 0.745. The number of nitrogens with zero attached hydrogens (tertiary/aromatic N) is 2. The molecule has 1 rings (SSSR count). The second-order valence-electron chi connectivity index (χ2n) is 5.41. The molecule has 0 radical (unpaired) electrons. The Morgan fingerprint density at radius 1 is 1.22 bits per heavy atom. The molecule has 2 amide bonds. The van der Waals surface area contributed by atoms with E-state index in [1.807, 2.05) is 18.7 Å². The van der Waals surface area contributed by atoms with Gasteiger partial charge in [-0.3, -0.25) is 0 Å². The summed E-state index contributed by atoms with van der Waals surface area (Å²) in [5.74, 6) is 0.632. The number of nitrogens with one attached hydrogen (secondary N) is 1. The zero-order chi connectivity index (χ0) is 17.7. The molecule has 4 nitrogen and oxygen atoms in total. The number of carbonyl (C=O) groups is 1. The van der Waals surface area contributed by atoms with Gasteiger partial charge in [0.05, 0.1) is 11.6 Å². The maximum atomic E-state index is 12.3. The second kappa shape index (κ2) is 12.5. The summed E-state index contributed by atoms with van der Waals surface area (Å²) in [5, 5.41) is 11.7. The molecule has 0 saturated carbocycles. The van der Waals surface area contributed by atoms with Crippen molar-refractivity contribution in [2.45, 2.75) is 53.9 Å². The molecule has 1 unspecified atom stereocenters. The summed E-state index contributed by atoms with van der Waals surface area (Å²) in [6.07, 6.45) is 3.11. The molecule has 4 heteroatoms. The van der Waals surface area contributed by atoms with Gasteiger partial charge in [-0.2, -0.15) is 5.26 Å². The first-order valence-electron chi connectivity index (χ1n) is 8.66.